The van der Waals surface area contributed by atoms with Crippen LogP contribution in [-0.2, 0) is 6.42 Å². The average molecular weight is 293 g/mol. The van der Waals surface area contributed by atoms with E-state index in [4.69, 9.17) is 0 Å². The lowest BCUT2D eigenvalue weighted by Crippen LogP contribution is -2.26. The van der Waals surface area contributed by atoms with Crippen LogP contribution in [0.5, 0.6) is 0 Å². The molecular weight excluding hydrogens is 274 g/mol. The quantitative estimate of drug-likeness (QED) is 0.881. The average Bonchev–Trinajstić information content (AvgIpc) is 2.59. The minimum Gasteiger partial charge on any atom is -0.349 e. The van der Waals surface area contributed by atoms with Crippen molar-refractivity contribution in [3.63, 3.8) is 0 Å². The Morgan fingerprint density at radius 1 is 1.36 bits per heavy atom. The highest BCUT2D eigenvalue weighted by molar-refractivity contribution is 5.95. The zero-order valence-corrected chi connectivity index (χ0v) is 12.5. The van der Waals surface area contributed by atoms with Gasteiger partial charge in [-0.1, -0.05) is 24.3 Å². The molecule has 0 saturated heterocycles. The highest BCUT2D eigenvalue weighted by Gasteiger charge is 2.18. The second-order valence-electron chi connectivity index (χ2n) is 5.31. The SMILES string of the molecule is C=CCNC(=O)c1cncc(N2CCCc3ccccc32)c1. The number of aromatic nitrogens is 1. The molecule has 2 aromatic rings. The summed E-state index contributed by atoms with van der Waals surface area (Å²) in [6.45, 7) is 5.00. The maximum absolute atomic E-state index is 12.1. The third-order valence-electron chi connectivity index (χ3n) is 3.81. The molecule has 0 spiro atoms. The largest absolute Gasteiger partial charge is 0.349 e. The number of carbonyl (C=O) groups is 1. The van der Waals surface area contributed by atoms with Crippen molar-refractivity contribution in [2.45, 2.75) is 12.8 Å². The molecule has 0 atom stereocenters. The van der Waals surface area contributed by atoms with Gasteiger partial charge in [-0.05, 0) is 30.5 Å². The standard InChI is InChI=1S/C18H19N3O/c1-2-9-20-18(22)15-11-16(13-19-12-15)21-10-5-7-14-6-3-4-8-17(14)21/h2-4,6,8,11-13H,1,5,7,9-10H2,(H,20,22). The number of carbonyl (C=O) groups excluding carboxylic acids is 1. The Morgan fingerprint density at radius 3 is 3.09 bits per heavy atom. The van der Waals surface area contributed by atoms with E-state index in [1.165, 1.54) is 11.3 Å². The van der Waals surface area contributed by atoms with Gasteiger partial charge in [0.15, 0.2) is 0 Å². The highest BCUT2D eigenvalue weighted by Crippen LogP contribution is 2.33. The van der Waals surface area contributed by atoms with Gasteiger partial charge in [0.1, 0.15) is 0 Å². The number of benzene rings is 1. The number of anilines is 2. The van der Waals surface area contributed by atoms with Gasteiger partial charge < -0.3 is 10.2 Å². The van der Waals surface area contributed by atoms with Crippen molar-refractivity contribution in [3.05, 3.63) is 66.5 Å². The molecule has 112 valence electrons. The summed E-state index contributed by atoms with van der Waals surface area (Å²) in [6, 6.07) is 10.3. The molecule has 0 aliphatic carbocycles. The van der Waals surface area contributed by atoms with Gasteiger partial charge in [-0.15, -0.1) is 6.58 Å². The normalized spacial score (nSPS) is 13.4. The summed E-state index contributed by atoms with van der Waals surface area (Å²) in [5.74, 6) is -0.125. The maximum Gasteiger partial charge on any atom is 0.253 e. The predicted molar refractivity (Wildman–Crippen MR) is 88.5 cm³/mol. The van der Waals surface area contributed by atoms with Gasteiger partial charge in [0.25, 0.3) is 5.91 Å². The number of aryl methyl sites for hydroxylation is 1. The second kappa shape index (κ2) is 6.43. The van der Waals surface area contributed by atoms with E-state index in [-0.39, 0.29) is 5.91 Å². The molecule has 1 aliphatic rings. The van der Waals surface area contributed by atoms with E-state index in [1.807, 2.05) is 18.3 Å². The van der Waals surface area contributed by atoms with E-state index in [0.717, 1.165) is 25.1 Å². The van der Waals surface area contributed by atoms with E-state index < -0.39 is 0 Å². The highest BCUT2D eigenvalue weighted by atomic mass is 16.1. The first-order chi connectivity index (χ1) is 10.8. The van der Waals surface area contributed by atoms with Crippen molar-refractivity contribution in [2.24, 2.45) is 0 Å². The van der Waals surface area contributed by atoms with Crippen LogP contribution in [0.4, 0.5) is 11.4 Å². The molecule has 0 radical (unpaired) electrons. The lowest BCUT2D eigenvalue weighted by atomic mass is 10.0. The van der Waals surface area contributed by atoms with Crippen LogP contribution in [0.15, 0.2) is 55.4 Å². The monoisotopic (exact) mass is 293 g/mol. The Hall–Kier alpha value is -2.62. The van der Waals surface area contributed by atoms with Crippen LogP contribution in [0.3, 0.4) is 0 Å². The summed E-state index contributed by atoms with van der Waals surface area (Å²) in [4.78, 5) is 18.5. The second-order valence-corrected chi connectivity index (χ2v) is 5.31. The molecule has 2 heterocycles. The maximum atomic E-state index is 12.1. The van der Waals surface area contributed by atoms with Crippen LogP contribution in [0, 0.1) is 0 Å². The molecule has 0 unspecified atom stereocenters. The van der Waals surface area contributed by atoms with Gasteiger partial charge in [-0.3, -0.25) is 9.78 Å². The Bertz CT molecular complexity index is 696. The van der Waals surface area contributed by atoms with Crippen LogP contribution in [-0.4, -0.2) is 24.0 Å². The van der Waals surface area contributed by atoms with Crippen molar-refractivity contribution >= 4 is 17.3 Å². The van der Waals surface area contributed by atoms with Crippen molar-refractivity contribution in [2.75, 3.05) is 18.0 Å². The third-order valence-corrected chi connectivity index (χ3v) is 3.81. The van der Waals surface area contributed by atoms with E-state index in [9.17, 15) is 4.79 Å². The molecular formula is C18H19N3O. The Labute approximate surface area is 130 Å². The molecule has 0 fully saturated rings. The fourth-order valence-corrected chi connectivity index (χ4v) is 2.77. The van der Waals surface area contributed by atoms with Crippen LogP contribution >= 0.6 is 0 Å². The molecule has 0 bridgehead atoms. The Kier molecular flexibility index (Phi) is 4.19. The molecule has 0 saturated carbocycles. The first-order valence-corrected chi connectivity index (χ1v) is 7.49. The zero-order valence-electron chi connectivity index (χ0n) is 12.5. The summed E-state index contributed by atoms with van der Waals surface area (Å²) in [7, 11) is 0. The van der Waals surface area contributed by atoms with Gasteiger partial charge in [-0.2, -0.15) is 0 Å². The molecule has 22 heavy (non-hydrogen) atoms. The van der Waals surface area contributed by atoms with Gasteiger partial charge >= 0.3 is 0 Å². The molecule has 1 aliphatic heterocycles. The molecule has 1 aromatic carbocycles. The molecule has 1 N–H and O–H groups in total. The first kappa shape index (κ1) is 14.3. The molecule has 3 rings (SSSR count). The van der Waals surface area contributed by atoms with E-state index >= 15 is 0 Å². The number of para-hydroxylation sites is 1. The minimum atomic E-state index is -0.125. The molecule has 1 amide bonds. The zero-order chi connectivity index (χ0) is 15.4. The van der Waals surface area contributed by atoms with Crippen LogP contribution in [0.1, 0.15) is 22.3 Å². The molecule has 4 heteroatoms. The lowest BCUT2D eigenvalue weighted by Gasteiger charge is -2.31. The smallest absolute Gasteiger partial charge is 0.253 e. The number of nitrogens with zero attached hydrogens (tertiary/aromatic N) is 2. The number of hydrogen-bond acceptors (Lipinski definition) is 3. The topological polar surface area (TPSA) is 45.2 Å². The first-order valence-electron chi connectivity index (χ1n) is 7.49. The fraction of sp³-hybridized carbons (Fsp3) is 0.222. The summed E-state index contributed by atoms with van der Waals surface area (Å²) < 4.78 is 0. The third kappa shape index (κ3) is 2.86. The summed E-state index contributed by atoms with van der Waals surface area (Å²) >= 11 is 0. The summed E-state index contributed by atoms with van der Waals surface area (Å²) in [5.41, 5.74) is 4.08. The predicted octanol–water partition coefficient (Wildman–Crippen LogP) is 3.08. The lowest BCUT2D eigenvalue weighted by molar-refractivity contribution is 0.0957. The van der Waals surface area contributed by atoms with Crippen molar-refractivity contribution in [3.8, 4) is 0 Å². The number of fused-ring (bicyclic) bond motifs is 1. The van der Waals surface area contributed by atoms with Crippen molar-refractivity contribution in [1.82, 2.24) is 10.3 Å². The van der Waals surface area contributed by atoms with Gasteiger partial charge in [0, 0.05) is 25.0 Å². The van der Waals surface area contributed by atoms with Gasteiger partial charge in [-0.25, -0.2) is 0 Å². The minimum absolute atomic E-state index is 0.125. The summed E-state index contributed by atoms with van der Waals surface area (Å²) in [6.07, 6.45) is 7.27. The van der Waals surface area contributed by atoms with Crippen molar-refractivity contribution < 1.29 is 4.79 Å². The van der Waals surface area contributed by atoms with E-state index in [0.29, 0.717) is 12.1 Å². The van der Waals surface area contributed by atoms with Gasteiger partial charge in [0.2, 0.25) is 0 Å². The van der Waals surface area contributed by atoms with E-state index in [2.05, 4.69) is 40.0 Å². The van der Waals surface area contributed by atoms with Crippen LogP contribution < -0.4 is 10.2 Å². The molecule has 1 aromatic heterocycles. The fourth-order valence-electron chi connectivity index (χ4n) is 2.77. The number of amides is 1. The van der Waals surface area contributed by atoms with E-state index in [1.54, 1.807) is 12.3 Å². The Balaban J connectivity index is 1.90. The van der Waals surface area contributed by atoms with Gasteiger partial charge in [0.05, 0.1) is 17.4 Å². The number of hydrogen-bond donors (Lipinski definition) is 1. The summed E-state index contributed by atoms with van der Waals surface area (Å²) in [5, 5.41) is 2.78. The van der Waals surface area contributed by atoms with Crippen molar-refractivity contribution in [1.29, 1.82) is 0 Å². The number of rotatable bonds is 4. The molecule has 4 nitrogen and oxygen atoms in total. The number of pyridine rings is 1. The van der Waals surface area contributed by atoms with Crippen LogP contribution in [0.2, 0.25) is 0 Å². The van der Waals surface area contributed by atoms with Crippen LogP contribution in [0.25, 0.3) is 0 Å². The Morgan fingerprint density at radius 2 is 2.23 bits per heavy atom. The number of nitrogens with one attached hydrogen (secondary N) is 1.